The summed E-state index contributed by atoms with van der Waals surface area (Å²) in [5.41, 5.74) is 6.84. The predicted molar refractivity (Wildman–Crippen MR) is 94.7 cm³/mol. The van der Waals surface area contributed by atoms with E-state index in [0.29, 0.717) is 12.0 Å². The van der Waals surface area contributed by atoms with Crippen molar-refractivity contribution < 1.29 is 4.39 Å². The molecule has 0 atom stereocenters. The molecule has 23 heavy (non-hydrogen) atoms. The Morgan fingerprint density at radius 2 is 1.43 bits per heavy atom. The second kappa shape index (κ2) is 5.51. The Morgan fingerprint density at radius 1 is 0.739 bits per heavy atom. The highest BCUT2D eigenvalue weighted by atomic mass is 19.1. The van der Waals surface area contributed by atoms with E-state index < -0.39 is 0 Å². The molecule has 0 fully saturated rings. The molecule has 0 aliphatic heterocycles. The smallest absolute Gasteiger partial charge is 0.135 e. The van der Waals surface area contributed by atoms with Crippen molar-refractivity contribution in [1.29, 1.82) is 0 Å². The Labute approximate surface area is 135 Å². The van der Waals surface area contributed by atoms with E-state index in [-0.39, 0.29) is 5.83 Å². The average Bonchev–Trinajstić information content (AvgIpc) is 2.71. The zero-order valence-corrected chi connectivity index (χ0v) is 13.0. The lowest BCUT2D eigenvalue weighted by Gasteiger charge is -2.10. The maximum absolute atomic E-state index is 15.4. The third-order valence-corrected chi connectivity index (χ3v) is 4.47. The Bertz CT molecular complexity index is 919. The largest absolute Gasteiger partial charge is 0.206 e. The van der Waals surface area contributed by atoms with Gasteiger partial charge in [-0.2, -0.15) is 0 Å². The van der Waals surface area contributed by atoms with Gasteiger partial charge in [-0.1, -0.05) is 78.4 Å². The Kier molecular flexibility index (Phi) is 3.34. The molecular weight excluding hydrogens is 283 g/mol. The van der Waals surface area contributed by atoms with E-state index >= 15 is 4.39 Å². The molecule has 0 nitrogen and oxygen atoms in total. The molecule has 1 heteroatoms. The van der Waals surface area contributed by atoms with E-state index in [1.165, 1.54) is 5.56 Å². The molecule has 0 radical (unpaired) electrons. The van der Waals surface area contributed by atoms with Gasteiger partial charge in [0.2, 0.25) is 0 Å². The van der Waals surface area contributed by atoms with E-state index in [4.69, 9.17) is 0 Å². The minimum Gasteiger partial charge on any atom is -0.206 e. The molecule has 112 valence electrons. The Balaban J connectivity index is 2.02. The van der Waals surface area contributed by atoms with Crippen LogP contribution in [-0.4, -0.2) is 0 Å². The summed E-state index contributed by atoms with van der Waals surface area (Å²) < 4.78 is 15.4. The lowest BCUT2D eigenvalue weighted by molar-refractivity contribution is 0.761. The molecule has 0 unspecified atom stereocenters. The highest BCUT2D eigenvalue weighted by Gasteiger charge is 2.21. The molecule has 0 heterocycles. The molecule has 3 aromatic carbocycles. The Hall–Kier alpha value is -2.67. The van der Waals surface area contributed by atoms with Crippen LogP contribution in [0.5, 0.6) is 0 Å². The number of benzene rings is 3. The predicted octanol–water partition coefficient (Wildman–Crippen LogP) is 6.06. The number of rotatable bonds is 1. The van der Waals surface area contributed by atoms with Gasteiger partial charge >= 0.3 is 0 Å². The second-order valence-corrected chi connectivity index (χ2v) is 6.04. The summed E-state index contributed by atoms with van der Waals surface area (Å²) in [5, 5.41) is 0. The van der Waals surface area contributed by atoms with E-state index in [1.807, 2.05) is 61.5 Å². The van der Waals surface area contributed by atoms with Crippen molar-refractivity contribution in [1.82, 2.24) is 0 Å². The number of hydrogen-bond donors (Lipinski definition) is 0. The number of halogens is 1. The molecule has 0 spiro atoms. The van der Waals surface area contributed by atoms with E-state index in [9.17, 15) is 0 Å². The minimum atomic E-state index is -0.109. The summed E-state index contributed by atoms with van der Waals surface area (Å²) in [4.78, 5) is 0. The summed E-state index contributed by atoms with van der Waals surface area (Å²) in [6.45, 7) is 2.04. The molecule has 0 aromatic heterocycles. The Morgan fingerprint density at radius 3 is 2.22 bits per heavy atom. The lowest BCUT2D eigenvalue weighted by atomic mass is 9.95. The summed E-state index contributed by atoms with van der Waals surface area (Å²) in [6, 6.07) is 24.1. The number of allylic oxidation sites excluding steroid dienone is 1. The molecule has 0 saturated heterocycles. The molecule has 0 N–H and O–H groups in total. The van der Waals surface area contributed by atoms with Crippen LogP contribution in [0.4, 0.5) is 4.39 Å². The number of fused-ring (bicyclic) bond motifs is 3. The van der Waals surface area contributed by atoms with Gasteiger partial charge in [0.1, 0.15) is 5.83 Å². The maximum atomic E-state index is 15.4. The fourth-order valence-electron chi connectivity index (χ4n) is 3.34. The molecule has 0 amide bonds. The van der Waals surface area contributed by atoms with Crippen molar-refractivity contribution in [2.45, 2.75) is 13.3 Å². The first kappa shape index (κ1) is 14.0. The van der Waals surface area contributed by atoms with Crippen LogP contribution < -0.4 is 0 Å². The zero-order valence-electron chi connectivity index (χ0n) is 13.0. The topological polar surface area (TPSA) is 0 Å². The quantitative estimate of drug-likeness (QED) is 0.512. The van der Waals surface area contributed by atoms with Crippen LogP contribution in [-0.2, 0) is 6.42 Å². The van der Waals surface area contributed by atoms with Gasteiger partial charge in [0.05, 0.1) is 0 Å². The van der Waals surface area contributed by atoms with Crippen molar-refractivity contribution in [2.24, 2.45) is 0 Å². The second-order valence-electron chi connectivity index (χ2n) is 6.04. The monoisotopic (exact) mass is 300 g/mol. The molecule has 3 aromatic rings. The fourth-order valence-corrected chi connectivity index (χ4v) is 3.34. The average molecular weight is 300 g/mol. The number of hydrogen-bond acceptors (Lipinski definition) is 0. The third-order valence-electron chi connectivity index (χ3n) is 4.47. The fraction of sp³-hybridized carbons (Fsp3) is 0.0909. The standard InChI is InChI=1S/C22H17F/c1-15-7-6-9-16(13-15)21-14-17-8-2-3-10-18(17)19-11-4-5-12-20(19)22(21)23/h2-13H,14H2,1H3. The van der Waals surface area contributed by atoms with Crippen LogP contribution in [0.1, 0.15) is 22.3 Å². The minimum absolute atomic E-state index is 0.109. The van der Waals surface area contributed by atoms with Gasteiger partial charge in [0.15, 0.2) is 0 Å². The van der Waals surface area contributed by atoms with Crippen LogP contribution in [0.25, 0.3) is 22.5 Å². The molecular formula is C22H17F. The molecule has 4 rings (SSSR count). The van der Waals surface area contributed by atoms with Crippen LogP contribution >= 0.6 is 0 Å². The lowest BCUT2D eigenvalue weighted by Crippen LogP contribution is -1.93. The molecule has 0 bridgehead atoms. The van der Waals surface area contributed by atoms with Gasteiger partial charge in [-0.15, -0.1) is 0 Å². The van der Waals surface area contributed by atoms with Gasteiger partial charge in [0, 0.05) is 17.6 Å². The van der Waals surface area contributed by atoms with Gasteiger partial charge < -0.3 is 0 Å². The summed E-state index contributed by atoms with van der Waals surface area (Å²) in [7, 11) is 0. The van der Waals surface area contributed by atoms with Gasteiger partial charge in [-0.05, 0) is 29.2 Å². The molecule has 1 aliphatic carbocycles. The van der Waals surface area contributed by atoms with Gasteiger partial charge in [-0.3, -0.25) is 0 Å². The van der Waals surface area contributed by atoms with E-state index in [1.54, 1.807) is 0 Å². The first-order valence-electron chi connectivity index (χ1n) is 7.87. The summed E-state index contributed by atoms with van der Waals surface area (Å²) in [5.74, 6) is -0.109. The van der Waals surface area contributed by atoms with Crippen LogP contribution in [0, 0.1) is 6.92 Å². The number of aryl methyl sites for hydroxylation is 1. The summed E-state index contributed by atoms with van der Waals surface area (Å²) in [6.07, 6.45) is 0.611. The first-order chi connectivity index (χ1) is 11.2. The normalized spacial score (nSPS) is 13.3. The maximum Gasteiger partial charge on any atom is 0.135 e. The van der Waals surface area contributed by atoms with Crippen molar-refractivity contribution in [2.75, 3.05) is 0 Å². The van der Waals surface area contributed by atoms with E-state index in [0.717, 1.165) is 27.8 Å². The first-order valence-corrected chi connectivity index (χ1v) is 7.87. The van der Waals surface area contributed by atoms with Crippen LogP contribution in [0.3, 0.4) is 0 Å². The molecule has 0 saturated carbocycles. The zero-order chi connectivity index (χ0) is 15.8. The van der Waals surface area contributed by atoms with Crippen molar-refractivity contribution in [3.8, 4) is 11.1 Å². The van der Waals surface area contributed by atoms with Crippen molar-refractivity contribution in [3.05, 3.63) is 95.1 Å². The highest BCUT2D eigenvalue weighted by Crippen LogP contribution is 2.41. The van der Waals surface area contributed by atoms with Crippen LogP contribution in [0.15, 0.2) is 72.8 Å². The van der Waals surface area contributed by atoms with Crippen molar-refractivity contribution >= 4 is 11.4 Å². The molecule has 1 aliphatic rings. The summed E-state index contributed by atoms with van der Waals surface area (Å²) >= 11 is 0. The van der Waals surface area contributed by atoms with Crippen molar-refractivity contribution in [3.63, 3.8) is 0 Å². The highest BCUT2D eigenvalue weighted by molar-refractivity contribution is 5.96. The van der Waals surface area contributed by atoms with Gasteiger partial charge in [-0.25, -0.2) is 4.39 Å². The third kappa shape index (κ3) is 2.39. The van der Waals surface area contributed by atoms with E-state index in [2.05, 4.69) is 18.2 Å². The van der Waals surface area contributed by atoms with Crippen LogP contribution in [0.2, 0.25) is 0 Å². The SMILES string of the molecule is Cc1cccc(C2=C(F)c3ccccc3-c3ccccc3C2)c1. The van der Waals surface area contributed by atoms with Gasteiger partial charge in [0.25, 0.3) is 0 Å².